The van der Waals surface area contributed by atoms with Crippen molar-refractivity contribution >= 4 is 29.9 Å². The number of hydrogen-bond acceptors (Lipinski definition) is 3. The number of rotatable bonds is 11. The summed E-state index contributed by atoms with van der Waals surface area (Å²) in [7, 11) is 0. The van der Waals surface area contributed by atoms with Crippen molar-refractivity contribution in [2.45, 2.75) is 52.1 Å². The van der Waals surface area contributed by atoms with E-state index in [9.17, 15) is 0 Å². The molecule has 1 aromatic rings. The maximum Gasteiger partial charge on any atom is 0.191 e. The van der Waals surface area contributed by atoms with E-state index in [0.29, 0.717) is 6.04 Å². The van der Waals surface area contributed by atoms with Gasteiger partial charge in [0.05, 0.1) is 6.54 Å². The van der Waals surface area contributed by atoms with E-state index >= 15 is 0 Å². The molecule has 0 aliphatic carbocycles. The lowest BCUT2D eigenvalue weighted by molar-refractivity contribution is 0.143. The van der Waals surface area contributed by atoms with Crippen LogP contribution in [-0.4, -0.2) is 56.3 Å². The van der Waals surface area contributed by atoms with Crippen molar-refractivity contribution in [3.63, 3.8) is 0 Å². The Bertz CT molecular complexity index is 512. The molecule has 1 fully saturated rings. The molecule has 0 radical (unpaired) electrons. The number of hydrogen-bond donors (Lipinski definition) is 2. The molecule has 5 nitrogen and oxygen atoms in total. The second kappa shape index (κ2) is 15.1. The highest BCUT2D eigenvalue weighted by atomic mass is 127. The minimum atomic E-state index is 0. The predicted octanol–water partition coefficient (Wildman–Crippen LogP) is 3.64. The maximum absolute atomic E-state index is 5.38. The lowest BCUT2D eigenvalue weighted by Crippen LogP contribution is -2.39. The van der Waals surface area contributed by atoms with Crippen molar-refractivity contribution < 1.29 is 4.74 Å². The number of guanidine groups is 1. The van der Waals surface area contributed by atoms with Gasteiger partial charge in [0.25, 0.3) is 0 Å². The lowest BCUT2D eigenvalue weighted by atomic mass is 10.2. The first-order valence-corrected chi connectivity index (χ1v) is 10.2. The van der Waals surface area contributed by atoms with Crippen LogP contribution in [0.1, 0.15) is 45.1 Å². The number of nitrogens with one attached hydrogen (secondary N) is 2. The van der Waals surface area contributed by atoms with Gasteiger partial charge in [-0.25, -0.2) is 0 Å². The van der Waals surface area contributed by atoms with Gasteiger partial charge in [-0.15, -0.1) is 24.0 Å². The maximum atomic E-state index is 5.38. The van der Waals surface area contributed by atoms with Gasteiger partial charge in [0.2, 0.25) is 0 Å². The summed E-state index contributed by atoms with van der Waals surface area (Å²) in [6, 6.07) is 11.3. The van der Waals surface area contributed by atoms with Crippen LogP contribution in [0.25, 0.3) is 0 Å². The first kappa shape index (κ1) is 24.2. The van der Waals surface area contributed by atoms with Crippen LogP contribution in [0.5, 0.6) is 0 Å². The zero-order valence-corrected chi connectivity index (χ0v) is 19.3. The molecule has 0 spiro atoms. The topological polar surface area (TPSA) is 48.9 Å². The molecule has 2 rings (SSSR count). The molecule has 1 saturated heterocycles. The molecular formula is C21H37IN4O. The number of aliphatic imine (C=N–C) groups is 1. The fourth-order valence-corrected chi connectivity index (χ4v) is 3.35. The number of halogens is 1. The molecule has 2 N–H and O–H groups in total. The van der Waals surface area contributed by atoms with Crippen LogP contribution in [-0.2, 0) is 11.3 Å². The first-order valence-electron chi connectivity index (χ1n) is 10.2. The average molecular weight is 488 g/mol. The van der Waals surface area contributed by atoms with E-state index in [1.807, 2.05) is 6.92 Å². The van der Waals surface area contributed by atoms with Crippen LogP contribution in [0.2, 0.25) is 0 Å². The van der Waals surface area contributed by atoms with Crippen molar-refractivity contribution in [3.8, 4) is 0 Å². The molecule has 0 aromatic heterocycles. The Morgan fingerprint density at radius 1 is 1.19 bits per heavy atom. The summed E-state index contributed by atoms with van der Waals surface area (Å²) in [5.74, 6) is 0.940. The van der Waals surface area contributed by atoms with Gasteiger partial charge in [-0.1, -0.05) is 30.3 Å². The second-order valence-corrected chi connectivity index (χ2v) is 6.80. The molecule has 154 valence electrons. The van der Waals surface area contributed by atoms with Gasteiger partial charge in [-0.3, -0.25) is 9.89 Å². The van der Waals surface area contributed by atoms with Crippen LogP contribution in [0.15, 0.2) is 35.3 Å². The highest BCUT2D eigenvalue weighted by molar-refractivity contribution is 14.0. The van der Waals surface area contributed by atoms with Gasteiger partial charge in [-0.05, 0) is 51.6 Å². The summed E-state index contributed by atoms with van der Waals surface area (Å²) in [4.78, 5) is 7.42. The quantitative estimate of drug-likeness (QED) is 0.216. The average Bonchev–Trinajstić information content (AvgIpc) is 3.10. The Hall–Kier alpha value is -0.860. The van der Waals surface area contributed by atoms with E-state index in [0.717, 1.165) is 58.2 Å². The highest BCUT2D eigenvalue weighted by Gasteiger charge is 2.24. The van der Waals surface area contributed by atoms with Gasteiger partial charge in [0.1, 0.15) is 0 Å². The Labute approximate surface area is 182 Å². The van der Waals surface area contributed by atoms with Crippen LogP contribution < -0.4 is 10.6 Å². The molecule has 6 heteroatoms. The number of unbranched alkanes of at least 4 members (excludes halogenated alkanes) is 1. The molecule has 27 heavy (non-hydrogen) atoms. The summed E-state index contributed by atoms with van der Waals surface area (Å²) >= 11 is 0. The fourth-order valence-electron chi connectivity index (χ4n) is 3.35. The van der Waals surface area contributed by atoms with Crippen LogP contribution in [0, 0.1) is 0 Å². The Morgan fingerprint density at radius 3 is 2.74 bits per heavy atom. The smallest absolute Gasteiger partial charge is 0.191 e. The summed E-state index contributed by atoms with van der Waals surface area (Å²) in [6.45, 7) is 10.7. The van der Waals surface area contributed by atoms with Crippen LogP contribution >= 0.6 is 24.0 Å². The number of nitrogens with zero attached hydrogens (tertiary/aromatic N) is 2. The third-order valence-electron chi connectivity index (χ3n) is 4.74. The number of benzene rings is 1. The molecular weight excluding hydrogens is 451 g/mol. The van der Waals surface area contributed by atoms with E-state index in [2.05, 4.69) is 52.8 Å². The normalized spacial score (nSPS) is 17.6. The Kier molecular flexibility index (Phi) is 13.5. The zero-order chi connectivity index (χ0) is 18.5. The SMILES string of the molecule is CCNC(=NCC1CCCN1Cc1ccccc1)NCCCCOCC.I. The molecule has 1 aliphatic rings. The monoisotopic (exact) mass is 488 g/mol. The van der Waals surface area contributed by atoms with E-state index in [1.54, 1.807) is 0 Å². The molecule has 1 aromatic carbocycles. The van der Waals surface area contributed by atoms with E-state index in [4.69, 9.17) is 9.73 Å². The molecule has 0 bridgehead atoms. The molecule has 1 atom stereocenters. The van der Waals surface area contributed by atoms with Crippen LogP contribution in [0.4, 0.5) is 0 Å². The van der Waals surface area contributed by atoms with Gasteiger partial charge >= 0.3 is 0 Å². The molecule has 1 unspecified atom stereocenters. The zero-order valence-electron chi connectivity index (χ0n) is 17.0. The minimum absolute atomic E-state index is 0. The van der Waals surface area contributed by atoms with Crippen LogP contribution in [0.3, 0.4) is 0 Å². The standard InChI is InChI=1S/C21H36N4O.HI/c1-3-22-21(23-14-8-9-16-26-4-2)24-17-20-13-10-15-25(20)18-19-11-6-5-7-12-19;/h5-7,11-12,20H,3-4,8-10,13-18H2,1-2H3,(H2,22,23,24);1H. The van der Waals surface area contributed by atoms with Gasteiger partial charge in [-0.2, -0.15) is 0 Å². The predicted molar refractivity (Wildman–Crippen MR) is 125 cm³/mol. The van der Waals surface area contributed by atoms with Crippen molar-refractivity contribution in [3.05, 3.63) is 35.9 Å². The summed E-state index contributed by atoms with van der Waals surface area (Å²) in [5.41, 5.74) is 1.39. The Morgan fingerprint density at radius 2 is 2.00 bits per heavy atom. The molecule has 0 saturated carbocycles. The number of likely N-dealkylation sites (tertiary alicyclic amines) is 1. The van der Waals surface area contributed by atoms with Gasteiger partial charge in [0, 0.05) is 38.9 Å². The second-order valence-electron chi connectivity index (χ2n) is 6.80. The summed E-state index contributed by atoms with van der Waals surface area (Å²) < 4.78 is 5.38. The third-order valence-corrected chi connectivity index (χ3v) is 4.74. The summed E-state index contributed by atoms with van der Waals surface area (Å²) in [6.07, 6.45) is 4.71. The fraction of sp³-hybridized carbons (Fsp3) is 0.667. The highest BCUT2D eigenvalue weighted by Crippen LogP contribution is 2.20. The summed E-state index contributed by atoms with van der Waals surface area (Å²) in [5, 5.41) is 6.81. The molecule has 0 amide bonds. The Balaban J connectivity index is 0.00000364. The molecule has 1 aliphatic heterocycles. The van der Waals surface area contributed by atoms with Crippen molar-refractivity contribution in [2.75, 3.05) is 39.4 Å². The van der Waals surface area contributed by atoms with E-state index in [-0.39, 0.29) is 24.0 Å². The van der Waals surface area contributed by atoms with Gasteiger partial charge < -0.3 is 15.4 Å². The van der Waals surface area contributed by atoms with Crippen molar-refractivity contribution in [1.29, 1.82) is 0 Å². The first-order chi connectivity index (χ1) is 12.8. The largest absolute Gasteiger partial charge is 0.382 e. The van der Waals surface area contributed by atoms with Crippen molar-refractivity contribution in [1.82, 2.24) is 15.5 Å². The lowest BCUT2D eigenvalue weighted by Gasteiger charge is -2.23. The minimum Gasteiger partial charge on any atom is -0.382 e. The van der Waals surface area contributed by atoms with Crippen molar-refractivity contribution in [2.24, 2.45) is 4.99 Å². The number of ether oxygens (including phenoxy) is 1. The van der Waals surface area contributed by atoms with Gasteiger partial charge in [0.15, 0.2) is 5.96 Å². The van der Waals surface area contributed by atoms with E-state index < -0.39 is 0 Å². The molecule has 1 heterocycles. The van der Waals surface area contributed by atoms with E-state index in [1.165, 1.54) is 24.9 Å². The third kappa shape index (κ3) is 9.76.